The van der Waals surface area contributed by atoms with Gasteiger partial charge >= 0.3 is 0 Å². The molecule has 21 heavy (non-hydrogen) atoms. The third kappa shape index (κ3) is 2.69. The number of ether oxygens (including phenoxy) is 2. The van der Waals surface area contributed by atoms with Gasteiger partial charge < -0.3 is 14.8 Å². The molecule has 2 saturated heterocycles. The van der Waals surface area contributed by atoms with Gasteiger partial charge in [-0.05, 0) is 61.6 Å². The topological polar surface area (TPSA) is 30.5 Å². The fourth-order valence-corrected chi connectivity index (χ4v) is 4.99. The van der Waals surface area contributed by atoms with E-state index >= 15 is 0 Å². The van der Waals surface area contributed by atoms with E-state index in [4.69, 9.17) is 9.47 Å². The summed E-state index contributed by atoms with van der Waals surface area (Å²) >= 11 is 1.98. The summed E-state index contributed by atoms with van der Waals surface area (Å²) in [5.74, 6) is 2.18. The first-order valence-corrected chi connectivity index (χ1v) is 9.04. The lowest BCUT2D eigenvalue weighted by molar-refractivity contribution is 0.0957. The Bertz CT molecular complexity index is 522. The van der Waals surface area contributed by atoms with E-state index in [9.17, 15) is 0 Å². The zero-order valence-electron chi connectivity index (χ0n) is 12.5. The summed E-state index contributed by atoms with van der Waals surface area (Å²) in [5.41, 5.74) is 1.42. The van der Waals surface area contributed by atoms with Gasteiger partial charge in [-0.3, -0.25) is 0 Å². The van der Waals surface area contributed by atoms with E-state index in [1.165, 1.54) is 48.3 Å². The normalized spacial score (nSPS) is 34.5. The van der Waals surface area contributed by atoms with Crippen LogP contribution in [-0.2, 0) is 4.74 Å². The molecule has 3 aliphatic heterocycles. The Morgan fingerprint density at radius 3 is 3.00 bits per heavy atom. The summed E-state index contributed by atoms with van der Waals surface area (Å²) in [4.78, 5) is 1.41. The Morgan fingerprint density at radius 2 is 2.24 bits per heavy atom. The number of rotatable bonds is 3. The molecule has 114 valence electrons. The van der Waals surface area contributed by atoms with Crippen molar-refractivity contribution >= 4 is 11.8 Å². The van der Waals surface area contributed by atoms with Crippen LogP contribution in [0.1, 0.15) is 43.7 Å². The molecule has 4 atom stereocenters. The molecular weight excluding hydrogens is 282 g/mol. The average molecular weight is 305 g/mol. The van der Waals surface area contributed by atoms with Gasteiger partial charge in [0, 0.05) is 17.0 Å². The first-order chi connectivity index (χ1) is 10.3. The quantitative estimate of drug-likeness (QED) is 0.925. The average Bonchev–Trinajstić information content (AvgIpc) is 3.07. The molecule has 0 aliphatic carbocycles. The summed E-state index contributed by atoms with van der Waals surface area (Å²) in [6, 6.07) is 7.50. The van der Waals surface area contributed by atoms with E-state index < -0.39 is 0 Å². The second-order valence-electron chi connectivity index (χ2n) is 6.33. The van der Waals surface area contributed by atoms with Crippen LogP contribution in [0.4, 0.5) is 0 Å². The monoisotopic (exact) mass is 305 g/mol. The van der Waals surface area contributed by atoms with Crippen LogP contribution in [0.25, 0.3) is 0 Å². The molecule has 1 aromatic carbocycles. The molecule has 2 bridgehead atoms. The predicted molar refractivity (Wildman–Crippen MR) is 85.1 cm³/mol. The highest BCUT2D eigenvalue weighted by molar-refractivity contribution is 7.99. The molecule has 0 amide bonds. The molecule has 1 aromatic rings. The minimum Gasteiger partial charge on any atom is -0.497 e. The third-order valence-corrected chi connectivity index (χ3v) is 6.18. The van der Waals surface area contributed by atoms with Gasteiger partial charge in [-0.15, -0.1) is 11.8 Å². The molecule has 2 fully saturated rings. The van der Waals surface area contributed by atoms with Crippen molar-refractivity contribution in [3.63, 3.8) is 0 Å². The first-order valence-electron chi connectivity index (χ1n) is 8.06. The van der Waals surface area contributed by atoms with Gasteiger partial charge in [-0.1, -0.05) is 0 Å². The smallest absolute Gasteiger partial charge is 0.119 e. The molecule has 0 spiro atoms. The number of nitrogens with one attached hydrogen (secondary N) is 1. The first kappa shape index (κ1) is 13.9. The Morgan fingerprint density at radius 1 is 1.29 bits per heavy atom. The maximum atomic E-state index is 6.00. The van der Waals surface area contributed by atoms with Gasteiger partial charge in [0.1, 0.15) is 5.75 Å². The van der Waals surface area contributed by atoms with E-state index in [0.29, 0.717) is 24.3 Å². The number of benzene rings is 1. The van der Waals surface area contributed by atoms with Crippen molar-refractivity contribution in [2.45, 2.75) is 61.3 Å². The summed E-state index contributed by atoms with van der Waals surface area (Å²) < 4.78 is 11.4. The summed E-state index contributed by atoms with van der Waals surface area (Å²) in [6.07, 6.45) is 7.11. The second kappa shape index (κ2) is 5.82. The zero-order valence-corrected chi connectivity index (χ0v) is 13.3. The van der Waals surface area contributed by atoms with Gasteiger partial charge in [0.05, 0.1) is 19.3 Å². The van der Waals surface area contributed by atoms with Gasteiger partial charge in [0.2, 0.25) is 0 Å². The molecule has 3 aliphatic rings. The van der Waals surface area contributed by atoms with Gasteiger partial charge in [-0.2, -0.15) is 0 Å². The lowest BCUT2D eigenvalue weighted by atomic mass is 9.93. The Kier molecular flexibility index (Phi) is 3.86. The maximum absolute atomic E-state index is 6.00. The van der Waals surface area contributed by atoms with Crippen LogP contribution in [-0.4, -0.2) is 31.1 Å². The molecule has 0 aromatic heterocycles. The molecule has 0 saturated carbocycles. The fraction of sp³-hybridized carbons (Fsp3) is 0.647. The van der Waals surface area contributed by atoms with E-state index in [1.54, 1.807) is 7.11 Å². The highest BCUT2D eigenvalue weighted by atomic mass is 32.2. The van der Waals surface area contributed by atoms with E-state index in [1.807, 2.05) is 11.8 Å². The maximum Gasteiger partial charge on any atom is 0.119 e. The molecule has 4 rings (SSSR count). The van der Waals surface area contributed by atoms with Gasteiger partial charge in [0.15, 0.2) is 0 Å². The summed E-state index contributed by atoms with van der Waals surface area (Å²) in [5, 5.41) is 3.90. The van der Waals surface area contributed by atoms with E-state index in [2.05, 4.69) is 23.5 Å². The van der Waals surface area contributed by atoms with Crippen molar-refractivity contribution in [1.82, 2.24) is 5.32 Å². The molecule has 3 heterocycles. The molecule has 0 radical (unpaired) electrons. The highest BCUT2D eigenvalue weighted by Gasteiger charge is 2.41. The van der Waals surface area contributed by atoms with Crippen LogP contribution in [0, 0.1) is 0 Å². The predicted octanol–water partition coefficient (Wildman–Crippen LogP) is 3.53. The lowest BCUT2D eigenvalue weighted by Crippen LogP contribution is -2.39. The van der Waals surface area contributed by atoms with Crippen molar-refractivity contribution in [3.8, 4) is 5.75 Å². The van der Waals surface area contributed by atoms with Crippen LogP contribution < -0.4 is 10.1 Å². The lowest BCUT2D eigenvalue weighted by Gasteiger charge is -2.27. The molecule has 1 N–H and O–H groups in total. The van der Waals surface area contributed by atoms with Crippen LogP contribution >= 0.6 is 11.8 Å². The van der Waals surface area contributed by atoms with E-state index in [0.717, 1.165) is 5.75 Å². The molecular formula is C17H23NO2S. The van der Waals surface area contributed by atoms with E-state index in [-0.39, 0.29) is 0 Å². The minimum absolute atomic E-state index is 0.443. The number of fused-ring (bicyclic) bond motifs is 3. The number of thioether (sulfide) groups is 1. The fourth-order valence-electron chi connectivity index (χ4n) is 3.93. The molecule has 4 heteroatoms. The Hall–Kier alpha value is -0.710. The number of hydrogen-bond donors (Lipinski definition) is 1. The largest absolute Gasteiger partial charge is 0.497 e. The second-order valence-corrected chi connectivity index (χ2v) is 7.47. The molecule has 0 unspecified atom stereocenters. The van der Waals surface area contributed by atoms with Crippen molar-refractivity contribution in [2.75, 3.05) is 12.9 Å². The van der Waals surface area contributed by atoms with Crippen molar-refractivity contribution in [1.29, 1.82) is 0 Å². The number of methoxy groups -OCH3 is 1. The Labute approximate surface area is 130 Å². The third-order valence-electron chi connectivity index (χ3n) is 5.01. The standard InChI is InChI=1S/C17H23NO2S/c1-19-11-5-7-17-13(9-11)14(3-2-8-21-17)18-15-10-12-4-6-16(15)20-12/h5,7,9,12,14-16,18H,2-4,6,8,10H2,1H3/t12-,14-,15-,16-/m1/s1. The minimum atomic E-state index is 0.443. The van der Waals surface area contributed by atoms with Gasteiger partial charge in [0.25, 0.3) is 0 Å². The molecule has 3 nitrogen and oxygen atoms in total. The van der Waals surface area contributed by atoms with Gasteiger partial charge in [-0.25, -0.2) is 0 Å². The van der Waals surface area contributed by atoms with Crippen molar-refractivity contribution < 1.29 is 9.47 Å². The van der Waals surface area contributed by atoms with Crippen LogP contribution in [0.15, 0.2) is 23.1 Å². The highest BCUT2D eigenvalue weighted by Crippen LogP contribution is 2.40. The van der Waals surface area contributed by atoms with Crippen LogP contribution in [0.3, 0.4) is 0 Å². The Balaban J connectivity index is 1.57. The summed E-state index contributed by atoms with van der Waals surface area (Å²) in [6.45, 7) is 0. The number of hydrogen-bond acceptors (Lipinski definition) is 4. The summed E-state index contributed by atoms with van der Waals surface area (Å²) in [7, 11) is 1.75. The SMILES string of the molecule is COc1ccc2c(c1)[C@H](N[C@@H]1C[C@H]3CC[C@H]1O3)CCCS2. The zero-order chi connectivity index (χ0) is 14.2. The van der Waals surface area contributed by atoms with Crippen molar-refractivity contribution in [3.05, 3.63) is 23.8 Å². The van der Waals surface area contributed by atoms with Crippen molar-refractivity contribution in [2.24, 2.45) is 0 Å². The van der Waals surface area contributed by atoms with Crippen LogP contribution in [0.2, 0.25) is 0 Å². The van der Waals surface area contributed by atoms with Crippen LogP contribution in [0.5, 0.6) is 5.75 Å².